The Morgan fingerprint density at radius 1 is 1.10 bits per heavy atom. The number of rotatable bonds is 5. The van der Waals surface area contributed by atoms with Crippen LogP contribution in [0.25, 0.3) is 5.57 Å². The highest BCUT2D eigenvalue weighted by Crippen LogP contribution is 2.38. The third-order valence-corrected chi connectivity index (χ3v) is 7.78. The molecule has 4 nitrogen and oxygen atoms in total. The monoisotopic (exact) mass is 430 g/mol. The van der Waals surface area contributed by atoms with Gasteiger partial charge in [0.05, 0.1) is 16.2 Å². The Bertz CT molecular complexity index is 1110. The first-order valence-corrected chi connectivity index (χ1v) is 11.7. The normalized spacial score (nSPS) is 18.6. The summed E-state index contributed by atoms with van der Waals surface area (Å²) in [4.78, 5) is 12.9. The minimum atomic E-state index is -3.70. The number of ketones is 1. The maximum atomic E-state index is 13.4. The summed E-state index contributed by atoms with van der Waals surface area (Å²) in [6.45, 7) is 7.58. The van der Waals surface area contributed by atoms with Gasteiger partial charge in [0.1, 0.15) is 11.6 Å². The van der Waals surface area contributed by atoms with E-state index < -0.39 is 15.7 Å². The summed E-state index contributed by atoms with van der Waals surface area (Å²) in [5, 5.41) is 10.7. The van der Waals surface area contributed by atoms with E-state index in [-0.39, 0.29) is 46.9 Å². The Hall–Kier alpha value is -2.47. The molecular weight excluding hydrogens is 403 g/mol. The number of sulfone groups is 1. The quantitative estimate of drug-likeness (QED) is 0.716. The van der Waals surface area contributed by atoms with Crippen LogP contribution in [0.15, 0.2) is 47.1 Å². The molecule has 0 bridgehead atoms. The molecule has 1 aliphatic carbocycles. The first-order chi connectivity index (χ1) is 14.0. The van der Waals surface area contributed by atoms with Crippen LogP contribution in [0.1, 0.15) is 42.0 Å². The lowest BCUT2D eigenvalue weighted by Crippen LogP contribution is -2.28. The predicted molar refractivity (Wildman–Crippen MR) is 116 cm³/mol. The van der Waals surface area contributed by atoms with Crippen LogP contribution in [-0.2, 0) is 14.6 Å². The number of carbonyl (C=O) groups excluding carboxylic acids is 1. The van der Waals surface area contributed by atoms with E-state index in [1.54, 1.807) is 6.92 Å². The van der Waals surface area contributed by atoms with Crippen molar-refractivity contribution in [3.8, 4) is 0 Å². The summed E-state index contributed by atoms with van der Waals surface area (Å²) >= 11 is 0. The molecule has 0 amide bonds. The second kappa shape index (κ2) is 8.34. The molecule has 2 aromatic rings. The van der Waals surface area contributed by atoms with Crippen molar-refractivity contribution >= 4 is 21.2 Å². The maximum Gasteiger partial charge on any atom is 0.178 e. The minimum Gasteiger partial charge on any atom is -0.512 e. The number of carbonyl (C=O) groups is 1. The number of hydrogen-bond acceptors (Lipinski definition) is 4. The fraction of sp³-hybridized carbons (Fsp3) is 0.375. The lowest BCUT2D eigenvalue weighted by Gasteiger charge is -2.29. The molecule has 2 unspecified atom stereocenters. The largest absolute Gasteiger partial charge is 0.512 e. The molecule has 30 heavy (non-hydrogen) atoms. The number of aliphatic hydroxyl groups is 1. The third kappa shape index (κ3) is 4.48. The zero-order chi connectivity index (χ0) is 22.2. The number of halogens is 1. The Labute approximate surface area is 177 Å². The number of Topliss-reactive ketones (excluding diaryl/α,β-unsaturated/α-hetero) is 1. The molecule has 1 aliphatic rings. The van der Waals surface area contributed by atoms with E-state index >= 15 is 0 Å². The van der Waals surface area contributed by atoms with E-state index in [2.05, 4.69) is 0 Å². The molecular formula is C24H27FO4S. The molecule has 160 valence electrons. The molecule has 0 spiro atoms. The number of aliphatic hydroxyl groups excluding tert-OH is 1. The van der Waals surface area contributed by atoms with Gasteiger partial charge in [0.15, 0.2) is 15.6 Å². The van der Waals surface area contributed by atoms with Gasteiger partial charge in [0.25, 0.3) is 0 Å². The average Bonchev–Trinajstić information content (AvgIpc) is 2.62. The molecule has 0 saturated heterocycles. The molecule has 0 saturated carbocycles. The van der Waals surface area contributed by atoms with Crippen LogP contribution < -0.4 is 0 Å². The van der Waals surface area contributed by atoms with E-state index in [1.165, 1.54) is 18.2 Å². The molecule has 0 aliphatic heterocycles. The summed E-state index contributed by atoms with van der Waals surface area (Å²) in [7, 11) is -3.70. The summed E-state index contributed by atoms with van der Waals surface area (Å²) in [5.74, 6) is -1.64. The molecule has 2 atom stereocenters. The molecule has 6 heteroatoms. The van der Waals surface area contributed by atoms with Gasteiger partial charge in [-0.2, -0.15) is 0 Å². The Balaban J connectivity index is 1.85. The van der Waals surface area contributed by atoms with E-state index in [4.69, 9.17) is 0 Å². The van der Waals surface area contributed by atoms with Gasteiger partial charge in [0, 0.05) is 12.8 Å². The first-order valence-electron chi connectivity index (χ1n) is 10.0. The number of hydrogen-bond donors (Lipinski definition) is 1. The average molecular weight is 431 g/mol. The van der Waals surface area contributed by atoms with Gasteiger partial charge in [-0.05, 0) is 67.5 Å². The van der Waals surface area contributed by atoms with Crippen molar-refractivity contribution in [1.82, 2.24) is 0 Å². The van der Waals surface area contributed by atoms with Gasteiger partial charge in [-0.1, -0.05) is 30.7 Å². The van der Waals surface area contributed by atoms with Crippen molar-refractivity contribution < 1.29 is 22.7 Å². The van der Waals surface area contributed by atoms with E-state index in [0.717, 1.165) is 28.3 Å². The zero-order valence-electron chi connectivity index (χ0n) is 17.7. The first kappa shape index (κ1) is 22.2. The van der Waals surface area contributed by atoms with Crippen LogP contribution in [0.4, 0.5) is 4.39 Å². The summed E-state index contributed by atoms with van der Waals surface area (Å²) < 4.78 is 38.8. The summed E-state index contributed by atoms with van der Waals surface area (Å²) in [5.41, 5.74) is 4.07. The number of aryl methyl sites for hydroxylation is 3. The van der Waals surface area contributed by atoms with Crippen LogP contribution >= 0.6 is 0 Å². The number of benzene rings is 2. The Kier molecular flexibility index (Phi) is 6.18. The van der Waals surface area contributed by atoms with Crippen LogP contribution in [-0.4, -0.2) is 25.1 Å². The highest BCUT2D eigenvalue weighted by atomic mass is 32.2. The van der Waals surface area contributed by atoms with Crippen LogP contribution in [0.3, 0.4) is 0 Å². The van der Waals surface area contributed by atoms with Gasteiger partial charge in [-0.25, -0.2) is 12.8 Å². The molecule has 3 rings (SSSR count). The smallest absolute Gasteiger partial charge is 0.178 e. The van der Waals surface area contributed by atoms with Gasteiger partial charge in [-0.15, -0.1) is 0 Å². The minimum absolute atomic E-state index is 0.0151. The van der Waals surface area contributed by atoms with E-state index in [0.29, 0.717) is 5.57 Å². The highest BCUT2D eigenvalue weighted by Gasteiger charge is 2.34. The third-order valence-electron chi connectivity index (χ3n) is 5.84. The van der Waals surface area contributed by atoms with Gasteiger partial charge < -0.3 is 5.11 Å². The summed E-state index contributed by atoms with van der Waals surface area (Å²) in [6, 6.07) is 8.90. The highest BCUT2D eigenvalue weighted by molar-refractivity contribution is 7.91. The van der Waals surface area contributed by atoms with Crippen molar-refractivity contribution in [2.75, 3.05) is 5.75 Å². The standard InChI is InChI=1S/C24H27FO4S/c1-14-8-15(2)23(16(3)9-14)24-21(26)10-18(11-22(24)27)17(4)13-30(28,29)20-7-5-6-19(25)12-20/h5-9,12,17-18,26H,10-11,13H2,1-4H3. The van der Waals surface area contributed by atoms with Gasteiger partial charge >= 0.3 is 0 Å². The van der Waals surface area contributed by atoms with Crippen molar-refractivity contribution in [2.45, 2.75) is 45.4 Å². The SMILES string of the molecule is Cc1cc(C)c(C2=C(O)CC(C(C)CS(=O)(=O)c3cccc(F)c3)CC2=O)c(C)c1. The molecule has 0 aromatic heterocycles. The Morgan fingerprint density at radius 3 is 2.30 bits per heavy atom. The van der Waals surface area contributed by atoms with Crippen LogP contribution in [0.5, 0.6) is 0 Å². The lowest BCUT2D eigenvalue weighted by atomic mass is 9.77. The number of allylic oxidation sites excluding steroid dienone is 2. The fourth-order valence-electron chi connectivity index (χ4n) is 4.42. The summed E-state index contributed by atoms with van der Waals surface area (Å²) in [6.07, 6.45) is 0.416. The van der Waals surface area contributed by atoms with Crippen LogP contribution in [0.2, 0.25) is 0 Å². The van der Waals surface area contributed by atoms with Crippen molar-refractivity contribution in [2.24, 2.45) is 11.8 Å². The van der Waals surface area contributed by atoms with Crippen LogP contribution in [0, 0.1) is 38.4 Å². The molecule has 1 N–H and O–H groups in total. The second-order valence-electron chi connectivity index (χ2n) is 8.40. The van der Waals surface area contributed by atoms with E-state index in [9.17, 15) is 22.7 Å². The molecule has 0 heterocycles. The van der Waals surface area contributed by atoms with Crippen molar-refractivity contribution in [3.05, 3.63) is 70.2 Å². The topological polar surface area (TPSA) is 71.4 Å². The molecule has 2 aromatic carbocycles. The van der Waals surface area contributed by atoms with Gasteiger partial charge in [0.2, 0.25) is 0 Å². The predicted octanol–water partition coefficient (Wildman–Crippen LogP) is 5.11. The van der Waals surface area contributed by atoms with Crippen molar-refractivity contribution in [3.63, 3.8) is 0 Å². The maximum absolute atomic E-state index is 13.4. The zero-order valence-corrected chi connectivity index (χ0v) is 18.5. The Morgan fingerprint density at radius 2 is 1.73 bits per heavy atom. The lowest BCUT2D eigenvalue weighted by molar-refractivity contribution is -0.115. The fourth-order valence-corrected chi connectivity index (χ4v) is 6.16. The molecule has 0 fully saturated rings. The van der Waals surface area contributed by atoms with E-state index in [1.807, 2.05) is 32.9 Å². The molecule has 0 radical (unpaired) electrons. The second-order valence-corrected chi connectivity index (χ2v) is 10.4. The van der Waals surface area contributed by atoms with Crippen molar-refractivity contribution in [1.29, 1.82) is 0 Å². The van der Waals surface area contributed by atoms with Gasteiger partial charge in [-0.3, -0.25) is 4.79 Å².